The third kappa shape index (κ3) is 3.54. The quantitative estimate of drug-likeness (QED) is 0.616. The highest BCUT2D eigenvalue weighted by Crippen LogP contribution is 2.17. The lowest BCUT2D eigenvalue weighted by Gasteiger charge is -2.21. The van der Waals surface area contributed by atoms with E-state index in [1.165, 1.54) is 17.9 Å². The zero-order valence-corrected chi connectivity index (χ0v) is 10.5. The van der Waals surface area contributed by atoms with Crippen molar-refractivity contribution in [1.29, 1.82) is 0 Å². The van der Waals surface area contributed by atoms with Crippen LogP contribution in [0.2, 0.25) is 0 Å². The first-order valence-corrected chi connectivity index (χ1v) is 5.63. The maximum atomic E-state index is 12.0. The predicted molar refractivity (Wildman–Crippen MR) is 63.7 cm³/mol. The van der Waals surface area contributed by atoms with Gasteiger partial charge in [-0.1, -0.05) is 6.92 Å². The molecule has 0 aliphatic rings. The molecule has 104 valence electrons. The average Bonchev–Trinajstić information content (AvgIpc) is 2.84. The van der Waals surface area contributed by atoms with E-state index in [0.717, 1.165) is 6.07 Å². The van der Waals surface area contributed by atoms with Gasteiger partial charge >= 0.3 is 11.9 Å². The zero-order valence-electron chi connectivity index (χ0n) is 10.5. The number of nitrogens with zero attached hydrogens (tertiary/aromatic N) is 2. The average molecular weight is 270 g/mol. The smallest absolute Gasteiger partial charge is 0.433 e. The Hall–Kier alpha value is -2.38. The maximum Gasteiger partial charge on any atom is 0.433 e. The molecule has 0 aromatic carbocycles. The number of carbonyl (C=O) groups is 2. The van der Waals surface area contributed by atoms with Crippen molar-refractivity contribution in [3.05, 3.63) is 28.0 Å². The molecule has 0 saturated heterocycles. The van der Waals surface area contributed by atoms with Crippen LogP contribution in [0.4, 0.5) is 5.88 Å². The molecule has 0 fully saturated rings. The molecule has 0 aliphatic heterocycles. The van der Waals surface area contributed by atoms with E-state index in [-0.39, 0.29) is 18.8 Å². The molecular formula is C11H14N2O6. The molecule has 0 saturated carbocycles. The lowest BCUT2D eigenvalue weighted by Crippen LogP contribution is -2.36. The molecule has 0 radical (unpaired) electrons. The van der Waals surface area contributed by atoms with Gasteiger partial charge < -0.3 is 14.4 Å². The summed E-state index contributed by atoms with van der Waals surface area (Å²) in [5.41, 5.74) is 0. The Bertz CT molecular complexity index is 495. The van der Waals surface area contributed by atoms with Crippen LogP contribution in [0.5, 0.6) is 0 Å². The first kappa shape index (κ1) is 14.7. The fraction of sp³-hybridized carbons (Fsp3) is 0.455. The molecular weight excluding hydrogens is 256 g/mol. The Kier molecular flexibility index (Phi) is 4.62. The van der Waals surface area contributed by atoms with Crippen LogP contribution in [0.25, 0.3) is 0 Å². The van der Waals surface area contributed by atoms with Gasteiger partial charge in [0, 0.05) is 13.1 Å². The van der Waals surface area contributed by atoms with Crippen LogP contribution in [0.15, 0.2) is 16.5 Å². The number of furan rings is 1. The minimum atomic E-state index is -1.02. The monoisotopic (exact) mass is 270 g/mol. The fourth-order valence-electron chi connectivity index (χ4n) is 1.46. The van der Waals surface area contributed by atoms with Crippen molar-refractivity contribution in [1.82, 2.24) is 4.90 Å². The first-order valence-electron chi connectivity index (χ1n) is 5.63. The standard InChI is InChI=1S/C11H14N2O6/c1-3-12(6-7(2)11(15)16)10(14)8-4-5-9(19-8)13(17)18/h4-5,7H,3,6H2,1-2H3,(H,15,16). The van der Waals surface area contributed by atoms with Crippen LogP contribution in [-0.2, 0) is 4.79 Å². The number of amides is 1. The van der Waals surface area contributed by atoms with Crippen LogP contribution in [-0.4, -0.2) is 39.9 Å². The minimum Gasteiger partial charge on any atom is -0.481 e. The Labute approximate surface area is 108 Å². The van der Waals surface area contributed by atoms with E-state index in [1.807, 2.05) is 0 Å². The van der Waals surface area contributed by atoms with Gasteiger partial charge in [-0.25, -0.2) is 0 Å². The first-order chi connectivity index (χ1) is 8.86. The van der Waals surface area contributed by atoms with E-state index in [0.29, 0.717) is 0 Å². The van der Waals surface area contributed by atoms with E-state index >= 15 is 0 Å². The molecule has 1 atom stereocenters. The molecule has 0 spiro atoms. The van der Waals surface area contributed by atoms with E-state index in [4.69, 9.17) is 9.52 Å². The summed E-state index contributed by atoms with van der Waals surface area (Å²) in [7, 11) is 0. The summed E-state index contributed by atoms with van der Waals surface area (Å²) >= 11 is 0. The number of aliphatic carboxylic acids is 1. The Morgan fingerprint density at radius 3 is 2.58 bits per heavy atom. The molecule has 1 amide bonds. The summed E-state index contributed by atoms with van der Waals surface area (Å²) in [5, 5.41) is 19.3. The third-order valence-electron chi connectivity index (χ3n) is 2.57. The molecule has 1 heterocycles. The second-order valence-electron chi connectivity index (χ2n) is 3.98. The molecule has 1 aromatic heterocycles. The number of rotatable bonds is 6. The van der Waals surface area contributed by atoms with Crippen molar-refractivity contribution in [3.8, 4) is 0 Å². The van der Waals surface area contributed by atoms with Gasteiger partial charge in [-0.2, -0.15) is 0 Å². The van der Waals surface area contributed by atoms with Gasteiger partial charge in [0.05, 0.1) is 12.0 Å². The van der Waals surface area contributed by atoms with Gasteiger partial charge in [0.25, 0.3) is 5.91 Å². The van der Waals surface area contributed by atoms with E-state index in [9.17, 15) is 19.7 Å². The summed E-state index contributed by atoms with van der Waals surface area (Å²) in [5.74, 6) is -3.01. The van der Waals surface area contributed by atoms with Crippen LogP contribution in [0, 0.1) is 16.0 Å². The lowest BCUT2D eigenvalue weighted by molar-refractivity contribution is -0.402. The van der Waals surface area contributed by atoms with E-state index < -0.39 is 28.6 Å². The molecule has 8 nitrogen and oxygen atoms in total. The predicted octanol–water partition coefficient (Wildman–Crippen LogP) is 1.37. The molecule has 0 bridgehead atoms. The molecule has 19 heavy (non-hydrogen) atoms. The Morgan fingerprint density at radius 1 is 1.53 bits per heavy atom. The Morgan fingerprint density at radius 2 is 2.16 bits per heavy atom. The SMILES string of the molecule is CCN(CC(C)C(=O)O)C(=O)c1ccc([N+](=O)[O-])o1. The highest BCUT2D eigenvalue weighted by Gasteiger charge is 2.24. The van der Waals surface area contributed by atoms with Crippen molar-refractivity contribution in [2.45, 2.75) is 13.8 Å². The number of carbonyl (C=O) groups excluding carboxylic acids is 1. The maximum absolute atomic E-state index is 12.0. The molecule has 8 heteroatoms. The molecule has 1 unspecified atom stereocenters. The second-order valence-corrected chi connectivity index (χ2v) is 3.98. The number of hydrogen-bond acceptors (Lipinski definition) is 5. The highest BCUT2D eigenvalue weighted by molar-refractivity contribution is 5.92. The number of nitro groups is 1. The highest BCUT2D eigenvalue weighted by atomic mass is 16.6. The summed E-state index contributed by atoms with van der Waals surface area (Å²) in [6, 6.07) is 2.29. The van der Waals surface area contributed by atoms with Gasteiger partial charge in [-0.15, -0.1) is 0 Å². The van der Waals surface area contributed by atoms with E-state index in [2.05, 4.69) is 0 Å². The minimum absolute atomic E-state index is 0.0131. The molecule has 1 aromatic rings. The van der Waals surface area contributed by atoms with Gasteiger partial charge in [-0.05, 0) is 13.0 Å². The summed E-state index contributed by atoms with van der Waals surface area (Å²) in [6.45, 7) is 3.46. The van der Waals surface area contributed by atoms with Crippen molar-refractivity contribution in [3.63, 3.8) is 0 Å². The normalized spacial score (nSPS) is 11.9. The van der Waals surface area contributed by atoms with Crippen molar-refractivity contribution < 1.29 is 24.0 Å². The molecule has 1 N–H and O–H groups in total. The van der Waals surface area contributed by atoms with Crippen LogP contribution in [0.3, 0.4) is 0 Å². The summed E-state index contributed by atoms with van der Waals surface area (Å²) < 4.78 is 4.79. The van der Waals surface area contributed by atoms with Crippen LogP contribution >= 0.6 is 0 Å². The van der Waals surface area contributed by atoms with Crippen LogP contribution < -0.4 is 0 Å². The largest absolute Gasteiger partial charge is 0.481 e. The van der Waals surface area contributed by atoms with Crippen molar-refractivity contribution in [2.24, 2.45) is 5.92 Å². The number of hydrogen-bond donors (Lipinski definition) is 1. The van der Waals surface area contributed by atoms with E-state index in [1.54, 1.807) is 6.92 Å². The van der Waals surface area contributed by atoms with Crippen LogP contribution in [0.1, 0.15) is 24.4 Å². The number of carboxylic acid groups (broad SMARTS) is 1. The second kappa shape index (κ2) is 5.98. The Balaban J connectivity index is 2.83. The summed E-state index contributed by atoms with van der Waals surface area (Å²) in [4.78, 5) is 33.7. The van der Waals surface area contributed by atoms with Gasteiger partial charge in [-0.3, -0.25) is 19.7 Å². The van der Waals surface area contributed by atoms with Gasteiger partial charge in [0.15, 0.2) is 5.76 Å². The van der Waals surface area contributed by atoms with Crippen molar-refractivity contribution >= 4 is 17.8 Å². The lowest BCUT2D eigenvalue weighted by atomic mass is 10.1. The number of carboxylic acids is 1. The molecule has 1 rings (SSSR count). The molecule has 0 aliphatic carbocycles. The zero-order chi connectivity index (χ0) is 14.6. The van der Waals surface area contributed by atoms with Gasteiger partial charge in [0.1, 0.15) is 4.92 Å². The van der Waals surface area contributed by atoms with Gasteiger partial charge in [0.2, 0.25) is 0 Å². The topological polar surface area (TPSA) is 114 Å². The third-order valence-corrected chi connectivity index (χ3v) is 2.57. The fourth-order valence-corrected chi connectivity index (χ4v) is 1.46. The van der Waals surface area contributed by atoms with Crippen molar-refractivity contribution in [2.75, 3.05) is 13.1 Å². The summed E-state index contributed by atoms with van der Waals surface area (Å²) in [6.07, 6.45) is 0.